The van der Waals surface area contributed by atoms with Gasteiger partial charge in [0.1, 0.15) is 0 Å². The van der Waals surface area contributed by atoms with Gasteiger partial charge >= 0.3 is 11.9 Å². The lowest BCUT2D eigenvalue weighted by Crippen LogP contribution is -2.21. The highest BCUT2D eigenvalue weighted by Gasteiger charge is 2.14. The number of carbonyl (C=O) groups is 3. The zero-order valence-corrected chi connectivity index (χ0v) is 15.9. The van der Waals surface area contributed by atoms with Gasteiger partial charge in [-0.15, -0.1) is 0 Å². The van der Waals surface area contributed by atoms with Gasteiger partial charge in [-0.25, -0.2) is 9.59 Å². The molecule has 0 bridgehead atoms. The van der Waals surface area contributed by atoms with Crippen LogP contribution in [0.15, 0.2) is 48.5 Å². The van der Waals surface area contributed by atoms with E-state index in [2.05, 4.69) is 30.8 Å². The third-order valence-corrected chi connectivity index (χ3v) is 3.91. The lowest BCUT2D eigenvalue weighted by molar-refractivity contribution is -0.119. The van der Waals surface area contributed by atoms with Gasteiger partial charge in [-0.05, 0) is 47.4 Å². The first-order valence-electron chi connectivity index (χ1n) is 8.46. The SMILES string of the molecule is COC(=O)c1ccc(C(=O)OCC(=O)Nc2ccc(C(C)(C)C)cc2)cc1. The summed E-state index contributed by atoms with van der Waals surface area (Å²) in [7, 11) is 1.28. The molecule has 0 heterocycles. The number of esters is 2. The molecule has 2 aromatic carbocycles. The van der Waals surface area contributed by atoms with Gasteiger partial charge in [-0.3, -0.25) is 4.79 Å². The highest BCUT2D eigenvalue weighted by molar-refractivity contribution is 5.96. The molecule has 0 fully saturated rings. The van der Waals surface area contributed by atoms with Crippen molar-refractivity contribution in [3.8, 4) is 0 Å². The van der Waals surface area contributed by atoms with Gasteiger partial charge < -0.3 is 14.8 Å². The van der Waals surface area contributed by atoms with E-state index in [0.29, 0.717) is 11.3 Å². The van der Waals surface area contributed by atoms with Crippen LogP contribution in [0.4, 0.5) is 5.69 Å². The standard InChI is InChI=1S/C21H23NO5/c1-21(2,3)16-9-11-17(12-10-16)22-18(23)13-27-20(25)15-7-5-14(6-8-15)19(24)26-4/h5-12H,13H2,1-4H3,(H,22,23). The van der Waals surface area contributed by atoms with Crippen LogP contribution in [-0.4, -0.2) is 31.6 Å². The number of ether oxygens (including phenoxy) is 2. The van der Waals surface area contributed by atoms with Crippen molar-refractivity contribution in [2.75, 3.05) is 19.0 Å². The van der Waals surface area contributed by atoms with Crippen molar-refractivity contribution in [3.05, 3.63) is 65.2 Å². The summed E-state index contributed by atoms with van der Waals surface area (Å²) in [5.41, 5.74) is 2.38. The summed E-state index contributed by atoms with van der Waals surface area (Å²) in [5.74, 6) is -1.57. The quantitative estimate of drug-likeness (QED) is 0.815. The van der Waals surface area contributed by atoms with E-state index in [4.69, 9.17) is 4.74 Å². The first kappa shape index (κ1) is 20.2. The molecular weight excluding hydrogens is 346 g/mol. The van der Waals surface area contributed by atoms with Crippen LogP contribution in [0, 0.1) is 0 Å². The molecule has 0 aliphatic heterocycles. The molecule has 27 heavy (non-hydrogen) atoms. The van der Waals surface area contributed by atoms with Gasteiger partial charge in [0.15, 0.2) is 6.61 Å². The molecule has 0 aliphatic rings. The van der Waals surface area contributed by atoms with Gasteiger partial charge in [0, 0.05) is 5.69 Å². The molecule has 1 amide bonds. The van der Waals surface area contributed by atoms with Crippen molar-refractivity contribution < 1.29 is 23.9 Å². The Morgan fingerprint density at radius 2 is 1.37 bits per heavy atom. The van der Waals surface area contributed by atoms with Crippen LogP contribution in [0.25, 0.3) is 0 Å². The van der Waals surface area contributed by atoms with Gasteiger partial charge in [-0.1, -0.05) is 32.9 Å². The molecule has 0 saturated heterocycles. The Labute approximate surface area is 158 Å². The second-order valence-corrected chi connectivity index (χ2v) is 7.02. The van der Waals surface area contributed by atoms with E-state index in [0.717, 1.165) is 5.56 Å². The predicted molar refractivity (Wildman–Crippen MR) is 102 cm³/mol. The molecule has 6 heteroatoms. The number of hydrogen-bond donors (Lipinski definition) is 1. The number of benzene rings is 2. The molecule has 6 nitrogen and oxygen atoms in total. The minimum atomic E-state index is -0.648. The Morgan fingerprint density at radius 1 is 0.852 bits per heavy atom. The molecule has 0 unspecified atom stereocenters. The summed E-state index contributed by atoms with van der Waals surface area (Å²) in [6.45, 7) is 5.92. The number of methoxy groups -OCH3 is 1. The molecule has 0 aromatic heterocycles. The number of carbonyl (C=O) groups excluding carboxylic acids is 3. The number of hydrogen-bond acceptors (Lipinski definition) is 5. The third-order valence-electron chi connectivity index (χ3n) is 3.91. The molecule has 142 valence electrons. The third kappa shape index (κ3) is 5.67. The Morgan fingerprint density at radius 3 is 1.85 bits per heavy atom. The minimum Gasteiger partial charge on any atom is -0.465 e. The molecule has 2 rings (SSSR count). The Kier molecular flexibility index (Phi) is 6.34. The van der Waals surface area contributed by atoms with Crippen LogP contribution in [-0.2, 0) is 19.7 Å². The van der Waals surface area contributed by atoms with Gasteiger partial charge in [0.2, 0.25) is 0 Å². The lowest BCUT2D eigenvalue weighted by atomic mass is 9.87. The van der Waals surface area contributed by atoms with E-state index < -0.39 is 24.5 Å². The summed E-state index contributed by atoms with van der Waals surface area (Å²) in [6, 6.07) is 13.3. The number of amides is 1. The van der Waals surface area contributed by atoms with Crippen molar-refractivity contribution >= 4 is 23.5 Å². The van der Waals surface area contributed by atoms with Crippen molar-refractivity contribution in [1.82, 2.24) is 0 Å². The molecule has 0 spiro atoms. The second-order valence-electron chi connectivity index (χ2n) is 7.02. The van der Waals surface area contributed by atoms with Crippen molar-refractivity contribution in [2.45, 2.75) is 26.2 Å². The normalized spacial score (nSPS) is 10.8. The van der Waals surface area contributed by atoms with Gasteiger partial charge in [0.05, 0.1) is 18.2 Å². The minimum absolute atomic E-state index is 0.0293. The summed E-state index contributed by atoms with van der Waals surface area (Å²) in [6.07, 6.45) is 0. The average Bonchev–Trinajstić information content (AvgIpc) is 2.65. The average molecular weight is 369 g/mol. The van der Waals surface area contributed by atoms with Crippen LogP contribution in [0.1, 0.15) is 47.1 Å². The van der Waals surface area contributed by atoms with Crippen LogP contribution >= 0.6 is 0 Å². The smallest absolute Gasteiger partial charge is 0.338 e. The topological polar surface area (TPSA) is 81.7 Å². The first-order valence-corrected chi connectivity index (χ1v) is 8.46. The fourth-order valence-electron chi connectivity index (χ4n) is 2.33. The molecule has 0 aliphatic carbocycles. The number of nitrogens with one attached hydrogen (secondary N) is 1. The van der Waals surface area contributed by atoms with E-state index >= 15 is 0 Å². The van der Waals surface area contributed by atoms with E-state index in [9.17, 15) is 14.4 Å². The number of anilines is 1. The lowest BCUT2D eigenvalue weighted by Gasteiger charge is -2.19. The van der Waals surface area contributed by atoms with E-state index in [-0.39, 0.29) is 11.0 Å². The van der Waals surface area contributed by atoms with Crippen molar-refractivity contribution in [3.63, 3.8) is 0 Å². The van der Waals surface area contributed by atoms with Crippen LogP contribution in [0.3, 0.4) is 0 Å². The zero-order valence-electron chi connectivity index (χ0n) is 15.9. The highest BCUT2D eigenvalue weighted by atomic mass is 16.5. The van der Waals surface area contributed by atoms with Crippen molar-refractivity contribution in [1.29, 1.82) is 0 Å². The zero-order chi connectivity index (χ0) is 20.0. The maximum absolute atomic E-state index is 12.0. The molecule has 0 atom stereocenters. The van der Waals surface area contributed by atoms with Crippen LogP contribution < -0.4 is 5.32 Å². The fourth-order valence-corrected chi connectivity index (χ4v) is 2.33. The summed E-state index contributed by atoms with van der Waals surface area (Å²) >= 11 is 0. The largest absolute Gasteiger partial charge is 0.465 e. The Hall–Kier alpha value is -3.15. The molecule has 2 aromatic rings. The molecule has 0 saturated carbocycles. The van der Waals surface area contributed by atoms with E-state index in [1.165, 1.54) is 31.4 Å². The second kappa shape index (κ2) is 8.49. The summed E-state index contributed by atoms with van der Waals surface area (Å²) in [5, 5.41) is 2.68. The maximum Gasteiger partial charge on any atom is 0.338 e. The van der Waals surface area contributed by atoms with Gasteiger partial charge in [-0.2, -0.15) is 0 Å². The predicted octanol–water partition coefficient (Wildman–Crippen LogP) is 3.57. The maximum atomic E-state index is 12.0. The van der Waals surface area contributed by atoms with Crippen LogP contribution in [0.5, 0.6) is 0 Å². The van der Waals surface area contributed by atoms with E-state index in [1.807, 2.05) is 24.3 Å². The number of rotatable bonds is 5. The molecule has 0 radical (unpaired) electrons. The van der Waals surface area contributed by atoms with Crippen LogP contribution in [0.2, 0.25) is 0 Å². The first-order chi connectivity index (χ1) is 12.7. The molecular formula is C21H23NO5. The monoisotopic (exact) mass is 369 g/mol. The Balaban J connectivity index is 1.87. The van der Waals surface area contributed by atoms with Crippen molar-refractivity contribution in [2.24, 2.45) is 0 Å². The fraction of sp³-hybridized carbons (Fsp3) is 0.286. The summed E-state index contributed by atoms with van der Waals surface area (Å²) < 4.78 is 9.59. The molecule has 1 N–H and O–H groups in total. The van der Waals surface area contributed by atoms with E-state index in [1.54, 1.807) is 0 Å². The summed E-state index contributed by atoms with van der Waals surface area (Å²) in [4.78, 5) is 35.3. The van der Waals surface area contributed by atoms with Gasteiger partial charge in [0.25, 0.3) is 5.91 Å². The Bertz CT molecular complexity index is 817. The highest BCUT2D eigenvalue weighted by Crippen LogP contribution is 2.23.